The summed E-state index contributed by atoms with van der Waals surface area (Å²) in [5.41, 5.74) is 8.88. The number of aromatic amines is 1. The minimum atomic E-state index is -1.06. The molecule has 0 spiro atoms. The molecule has 1 amide bonds. The van der Waals surface area contributed by atoms with Gasteiger partial charge in [-0.1, -0.05) is 6.92 Å². The summed E-state index contributed by atoms with van der Waals surface area (Å²) in [6.07, 6.45) is 3.88. The molecule has 5 rings (SSSR count). The first-order valence-electron chi connectivity index (χ1n) is 11.2. The van der Waals surface area contributed by atoms with Crippen LogP contribution in [0.4, 0.5) is 21.5 Å². The fraction of sp³-hybridized carbons (Fsp3) is 0.240. The Kier molecular flexibility index (Phi) is 5.28. The second kappa shape index (κ2) is 8.09. The van der Waals surface area contributed by atoms with Crippen molar-refractivity contribution in [3.05, 3.63) is 59.9 Å². The Balaban J connectivity index is 1.69. The monoisotopic (exact) mass is 489 g/mol. The second-order valence-electron chi connectivity index (χ2n) is 9.01. The zero-order chi connectivity index (χ0) is 25.1. The highest BCUT2D eigenvalue weighted by molar-refractivity contribution is 7.81. The molecule has 8 nitrogen and oxygen atoms in total. The van der Waals surface area contributed by atoms with E-state index < -0.39 is 11.4 Å². The number of halogens is 1. The van der Waals surface area contributed by atoms with E-state index in [4.69, 9.17) is 18.0 Å². The lowest BCUT2D eigenvalue weighted by Crippen LogP contribution is -2.44. The molecule has 0 unspecified atom stereocenters. The number of aryl methyl sites for hydroxylation is 2. The van der Waals surface area contributed by atoms with Gasteiger partial charge >= 0.3 is 0 Å². The number of hydrogen-bond acceptors (Lipinski definition) is 6. The van der Waals surface area contributed by atoms with Crippen molar-refractivity contribution in [1.82, 2.24) is 20.2 Å². The van der Waals surface area contributed by atoms with Crippen molar-refractivity contribution in [2.75, 3.05) is 15.5 Å². The quantitative estimate of drug-likeness (QED) is 0.321. The molecular formula is C25H24FN7OS. The Labute approximate surface area is 207 Å². The summed E-state index contributed by atoms with van der Waals surface area (Å²) >= 11 is 5.78. The van der Waals surface area contributed by atoms with Gasteiger partial charge in [0.1, 0.15) is 16.9 Å². The predicted octanol–water partition coefficient (Wildman–Crippen LogP) is 4.53. The van der Waals surface area contributed by atoms with E-state index in [2.05, 4.69) is 20.2 Å². The highest BCUT2D eigenvalue weighted by atomic mass is 32.1. The molecule has 1 fully saturated rings. The molecule has 0 atom stereocenters. The molecule has 0 bridgehead atoms. The van der Waals surface area contributed by atoms with E-state index in [1.807, 2.05) is 19.9 Å². The van der Waals surface area contributed by atoms with E-state index in [1.54, 1.807) is 49.3 Å². The summed E-state index contributed by atoms with van der Waals surface area (Å²) in [6, 6.07) is 8.46. The fourth-order valence-corrected chi connectivity index (χ4v) is 4.89. The van der Waals surface area contributed by atoms with Gasteiger partial charge in [0.25, 0.3) is 5.91 Å². The lowest BCUT2D eigenvalue weighted by molar-refractivity contribution is -0.120. The zero-order valence-corrected chi connectivity index (χ0v) is 20.6. The Hall–Kier alpha value is -3.92. The molecule has 1 saturated heterocycles. The van der Waals surface area contributed by atoms with Crippen LogP contribution in [0, 0.1) is 12.7 Å². The van der Waals surface area contributed by atoms with Crippen molar-refractivity contribution in [1.29, 1.82) is 0 Å². The number of fused-ring (bicyclic) bond motifs is 1. The van der Waals surface area contributed by atoms with Gasteiger partial charge in [-0.2, -0.15) is 5.10 Å². The molecular weight excluding hydrogens is 465 g/mol. The van der Waals surface area contributed by atoms with Crippen LogP contribution < -0.4 is 15.5 Å². The first-order valence-corrected chi connectivity index (χ1v) is 11.6. The van der Waals surface area contributed by atoms with Crippen molar-refractivity contribution >= 4 is 51.2 Å². The topological polar surface area (TPSA) is 104 Å². The van der Waals surface area contributed by atoms with Crippen LogP contribution in [0.1, 0.15) is 32.2 Å². The highest BCUT2D eigenvalue weighted by Gasteiger charge is 2.50. The van der Waals surface area contributed by atoms with Gasteiger partial charge in [0.2, 0.25) is 0 Å². The maximum atomic E-state index is 15.5. The maximum Gasteiger partial charge on any atom is 0.259 e. The van der Waals surface area contributed by atoms with Crippen LogP contribution in [0.5, 0.6) is 0 Å². The van der Waals surface area contributed by atoms with Crippen molar-refractivity contribution in [3.8, 4) is 11.3 Å². The number of benzene rings is 2. The summed E-state index contributed by atoms with van der Waals surface area (Å²) in [7, 11) is 0. The van der Waals surface area contributed by atoms with E-state index in [1.165, 1.54) is 11.0 Å². The number of thiocarbonyl (C=S) groups is 1. The van der Waals surface area contributed by atoms with E-state index in [0.717, 1.165) is 5.56 Å². The summed E-state index contributed by atoms with van der Waals surface area (Å²) in [6.45, 7) is 7.31. The zero-order valence-electron chi connectivity index (χ0n) is 19.8. The molecule has 178 valence electrons. The number of rotatable bonds is 4. The minimum Gasteiger partial charge on any atom is -0.399 e. The number of carbonyl (C=O) groups excluding carboxylic acids is 1. The standard InChI is InChI=1S/C25H24FN7OS/c1-5-20-30-21(14-11-28-29-12-14)17-9-16(10-18(26)22(17)31-20)33-24(35)32(23(34)25(33,3)4)15-6-7-19(27)13(2)8-15/h6-12H,5,27H2,1-4H3,(H,28,29). The number of amides is 1. The Bertz CT molecular complexity index is 1500. The van der Waals surface area contributed by atoms with Crippen molar-refractivity contribution in [2.45, 2.75) is 39.7 Å². The van der Waals surface area contributed by atoms with Gasteiger partial charge in [-0.05, 0) is 68.9 Å². The Morgan fingerprint density at radius 3 is 2.60 bits per heavy atom. The van der Waals surface area contributed by atoms with Gasteiger partial charge in [0.15, 0.2) is 10.9 Å². The van der Waals surface area contributed by atoms with Gasteiger partial charge < -0.3 is 10.6 Å². The van der Waals surface area contributed by atoms with Crippen molar-refractivity contribution in [3.63, 3.8) is 0 Å². The van der Waals surface area contributed by atoms with E-state index in [0.29, 0.717) is 46.0 Å². The van der Waals surface area contributed by atoms with E-state index >= 15 is 4.39 Å². The van der Waals surface area contributed by atoms with Crippen LogP contribution in [0.2, 0.25) is 0 Å². The SMILES string of the molecule is CCc1nc(-c2cn[nH]c2)c2cc(N3C(=S)N(c4ccc(N)c(C)c4)C(=O)C3(C)C)cc(F)c2n1. The summed E-state index contributed by atoms with van der Waals surface area (Å²) in [5, 5.41) is 7.55. The molecule has 4 aromatic rings. The molecule has 35 heavy (non-hydrogen) atoms. The molecule has 0 saturated carbocycles. The van der Waals surface area contributed by atoms with Gasteiger partial charge in [-0.3, -0.25) is 14.8 Å². The fourth-order valence-electron chi connectivity index (χ4n) is 4.36. The van der Waals surface area contributed by atoms with Crippen LogP contribution >= 0.6 is 12.2 Å². The molecule has 3 N–H and O–H groups in total. The van der Waals surface area contributed by atoms with E-state index in [9.17, 15) is 4.79 Å². The average Bonchev–Trinajstić information content (AvgIpc) is 3.41. The predicted molar refractivity (Wildman–Crippen MR) is 139 cm³/mol. The normalized spacial score (nSPS) is 15.5. The maximum absolute atomic E-state index is 15.5. The van der Waals surface area contributed by atoms with Crippen molar-refractivity contribution in [2.24, 2.45) is 0 Å². The molecule has 0 radical (unpaired) electrons. The number of nitrogens with one attached hydrogen (secondary N) is 1. The van der Waals surface area contributed by atoms with Crippen LogP contribution in [-0.4, -0.2) is 36.7 Å². The third-order valence-electron chi connectivity index (χ3n) is 6.31. The first-order chi connectivity index (χ1) is 16.6. The summed E-state index contributed by atoms with van der Waals surface area (Å²) in [5.74, 6) is -0.218. The number of nitrogen functional groups attached to an aromatic ring is 1. The van der Waals surface area contributed by atoms with Gasteiger partial charge in [0, 0.05) is 34.9 Å². The van der Waals surface area contributed by atoms with E-state index in [-0.39, 0.29) is 16.5 Å². The van der Waals surface area contributed by atoms with Crippen LogP contribution in [0.15, 0.2) is 42.7 Å². The van der Waals surface area contributed by atoms with Crippen molar-refractivity contribution < 1.29 is 9.18 Å². The number of aromatic nitrogens is 4. The summed E-state index contributed by atoms with van der Waals surface area (Å²) < 4.78 is 15.5. The first kappa shape index (κ1) is 22.9. The number of nitrogens with two attached hydrogens (primary N) is 1. The Morgan fingerprint density at radius 2 is 1.94 bits per heavy atom. The smallest absolute Gasteiger partial charge is 0.259 e. The van der Waals surface area contributed by atoms with Crippen LogP contribution in [0.3, 0.4) is 0 Å². The molecule has 2 aromatic carbocycles. The van der Waals surface area contributed by atoms with Gasteiger partial charge in [-0.15, -0.1) is 0 Å². The van der Waals surface area contributed by atoms with Crippen LogP contribution in [-0.2, 0) is 11.2 Å². The average molecular weight is 490 g/mol. The number of anilines is 3. The lowest BCUT2D eigenvalue weighted by atomic mass is 10.0. The number of H-pyrrole nitrogens is 1. The molecule has 1 aliphatic rings. The van der Waals surface area contributed by atoms with Gasteiger partial charge in [-0.25, -0.2) is 14.4 Å². The van der Waals surface area contributed by atoms with Gasteiger partial charge in [0.05, 0.1) is 17.6 Å². The third-order valence-corrected chi connectivity index (χ3v) is 6.68. The lowest BCUT2D eigenvalue weighted by Gasteiger charge is -2.29. The molecule has 2 aromatic heterocycles. The molecule has 3 heterocycles. The highest BCUT2D eigenvalue weighted by Crippen LogP contribution is 2.39. The summed E-state index contributed by atoms with van der Waals surface area (Å²) in [4.78, 5) is 25.7. The number of hydrogen-bond donors (Lipinski definition) is 2. The van der Waals surface area contributed by atoms with Crippen LogP contribution in [0.25, 0.3) is 22.2 Å². The molecule has 1 aliphatic heterocycles. The molecule has 10 heteroatoms. The number of carbonyl (C=O) groups is 1. The second-order valence-corrected chi connectivity index (χ2v) is 9.38. The minimum absolute atomic E-state index is 0.206. The molecule has 0 aliphatic carbocycles. The number of nitrogens with zero attached hydrogens (tertiary/aromatic N) is 5. The largest absolute Gasteiger partial charge is 0.399 e. The third kappa shape index (κ3) is 3.52. The Morgan fingerprint density at radius 1 is 1.17 bits per heavy atom.